The lowest BCUT2D eigenvalue weighted by atomic mass is 10.3. The van der Waals surface area contributed by atoms with Gasteiger partial charge in [-0.15, -0.1) is 0 Å². The summed E-state index contributed by atoms with van der Waals surface area (Å²) in [4.78, 5) is 11.1. The quantitative estimate of drug-likeness (QED) is 0.686. The van der Waals surface area contributed by atoms with E-state index < -0.39 is 5.97 Å². The zero-order valence-corrected chi connectivity index (χ0v) is 11.0. The Morgan fingerprint density at radius 3 is 2.81 bits per heavy atom. The average molecular weight is 309 g/mol. The van der Waals surface area contributed by atoms with Gasteiger partial charge in [-0.2, -0.15) is 0 Å². The van der Waals surface area contributed by atoms with E-state index in [4.69, 9.17) is 26.8 Å². The van der Waals surface area contributed by atoms with Crippen LogP contribution in [0.5, 0.6) is 5.75 Å². The fourth-order valence-corrected chi connectivity index (χ4v) is 2.01. The number of ether oxygens (including phenoxy) is 2. The third kappa shape index (κ3) is 3.57. The largest absolute Gasteiger partial charge is 0.479 e. The number of nitrogen functional groups attached to an aromatic ring is 1. The molecule has 2 N–H and O–H groups in total. The van der Waals surface area contributed by atoms with Crippen molar-refractivity contribution < 1.29 is 14.3 Å². The molecule has 0 aliphatic rings. The van der Waals surface area contributed by atoms with Gasteiger partial charge in [-0.05, 0) is 35.0 Å². The number of nitrogens with two attached hydrogens (primary N) is 1. The van der Waals surface area contributed by atoms with Gasteiger partial charge < -0.3 is 15.2 Å². The van der Waals surface area contributed by atoms with Gasteiger partial charge in [0, 0.05) is 5.02 Å². The summed E-state index contributed by atoms with van der Waals surface area (Å²) in [5.74, 6) is -0.0544. The van der Waals surface area contributed by atoms with Crippen LogP contribution >= 0.6 is 27.5 Å². The number of anilines is 1. The van der Waals surface area contributed by atoms with Crippen molar-refractivity contribution in [2.45, 2.75) is 6.92 Å². The monoisotopic (exact) mass is 307 g/mol. The van der Waals surface area contributed by atoms with Crippen LogP contribution < -0.4 is 10.5 Å². The molecule has 0 saturated heterocycles. The first-order chi connectivity index (χ1) is 7.54. The molecular formula is C10H11BrClNO3. The van der Waals surface area contributed by atoms with E-state index in [9.17, 15) is 4.79 Å². The molecule has 0 saturated carbocycles. The number of esters is 1. The first-order valence-corrected chi connectivity index (χ1v) is 5.74. The second-order valence-electron chi connectivity index (χ2n) is 2.90. The highest BCUT2D eigenvalue weighted by Crippen LogP contribution is 2.34. The summed E-state index contributed by atoms with van der Waals surface area (Å²) >= 11 is 9.02. The van der Waals surface area contributed by atoms with Crippen molar-refractivity contribution >= 4 is 39.2 Å². The lowest BCUT2D eigenvalue weighted by Crippen LogP contribution is -2.15. The van der Waals surface area contributed by atoms with Gasteiger partial charge in [-0.1, -0.05) is 11.6 Å². The first-order valence-electron chi connectivity index (χ1n) is 4.57. The second-order valence-corrected chi connectivity index (χ2v) is 4.19. The highest BCUT2D eigenvalue weighted by atomic mass is 79.9. The average Bonchev–Trinajstić information content (AvgIpc) is 2.16. The molecule has 0 amide bonds. The summed E-state index contributed by atoms with van der Waals surface area (Å²) in [5, 5.41) is 0.493. The highest BCUT2D eigenvalue weighted by Gasteiger charge is 2.10. The normalized spacial score (nSPS) is 9.94. The number of hydrogen-bond donors (Lipinski definition) is 1. The van der Waals surface area contributed by atoms with Gasteiger partial charge in [0.1, 0.15) is 0 Å². The molecule has 0 aliphatic carbocycles. The summed E-state index contributed by atoms with van der Waals surface area (Å²) < 4.78 is 10.6. The molecule has 0 spiro atoms. The number of carbonyl (C=O) groups is 1. The predicted molar refractivity (Wildman–Crippen MR) is 65.7 cm³/mol. The molecule has 1 aromatic carbocycles. The van der Waals surface area contributed by atoms with Gasteiger partial charge in [0.15, 0.2) is 12.4 Å². The van der Waals surface area contributed by atoms with Gasteiger partial charge in [0.25, 0.3) is 0 Å². The molecule has 0 aromatic heterocycles. The number of rotatable bonds is 4. The number of carbonyl (C=O) groups excluding carboxylic acids is 1. The van der Waals surface area contributed by atoms with Gasteiger partial charge in [0.2, 0.25) is 0 Å². The van der Waals surface area contributed by atoms with Crippen molar-refractivity contribution in [3.8, 4) is 5.75 Å². The smallest absolute Gasteiger partial charge is 0.344 e. The molecule has 16 heavy (non-hydrogen) atoms. The van der Waals surface area contributed by atoms with E-state index in [2.05, 4.69) is 15.9 Å². The first kappa shape index (κ1) is 13.1. The van der Waals surface area contributed by atoms with Crippen LogP contribution in [0.3, 0.4) is 0 Å². The molecule has 1 rings (SSSR count). The summed E-state index contributed by atoms with van der Waals surface area (Å²) in [5.41, 5.74) is 6.06. The molecule has 0 unspecified atom stereocenters. The van der Waals surface area contributed by atoms with Crippen LogP contribution in [0.1, 0.15) is 6.92 Å². The molecule has 0 atom stereocenters. The predicted octanol–water partition coefficient (Wildman–Crippen LogP) is 2.63. The van der Waals surface area contributed by atoms with Crippen molar-refractivity contribution in [2.24, 2.45) is 0 Å². The van der Waals surface area contributed by atoms with E-state index in [0.29, 0.717) is 27.5 Å². The fraction of sp³-hybridized carbons (Fsp3) is 0.300. The summed E-state index contributed by atoms with van der Waals surface area (Å²) in [6.45, 7) is 1.86. The Morgan fingerprint density at radius 1 is 1.56 bits per heavy atom. The molecule has 6 heteroatoms. The van der Waals surface area contributed by atoms with E-state index in [1.54, 1.807) is 19.1 Å². The molecule has 88 valence electrons. The minimum atomic E-state index is -0.441. The van der Waals surface area contributed by atoms with Crippen LogP contribution in [-0.2, 0) is 9.53 Å². The van der Waals surface area contributed by atoms with Crippen LogP contribution in [0.2, 0.25) is 5.02 Å². The van der Waals surface area contributed by atoms with Crippen LogP contribution in [0.25, 0.3) is 0 Å². The Hall–Kier alpha value is -0.940. The van der Waals surface area contributed by atoms with Crippen LogP contribution in [0.15, 0.2) is 16.6 Å². The lowest BCUT2D eigenvalue weighted by molar-refractivity contribution is -0.145. The molecule has 0 fully saturated rings. The molecule has 0 heterocycles. The topological polar surface area (TPSA) is 61.5 Å². The Balaban J connectivity index is 2.70. The van der Waals surface area contributed by atoms with Crippen molar-refractivity contribution in [3.05, 3.63) is 21.6 Å². The zero-order chi connectivity index (χ0) is 12.1. The number of benzene rings is 1. The van der Waals surface area contributed by atoms with Gasteiger partial charge in [0.05, 0.1) is 16.8 Å². The summed E-state index contributed by atoms with van der Waals surface area (Å²) in [6, 6.07) is 3.19. The molecular weight excluding hydrogens is 297 g/mol. The van der Waals surface area contributed by atoms with Gasteiger partial charge in [-0.3, -0.25) is 0 Å². The minimum Gasteiger partial charge on any atom is -0.479 e. The summed E-state index contributed by atoms with van der Waals surface area (Å²) in [7, 11) is 0. The standard InChI is InChI=1S/C10H11BrClNO3/c1-2-15-9(14)5-16-10-7(11)3-6(12)4-8(10)13/h3-4H,2,5,13H2,1H3. The van der Waals surface area contributed by atoms with Crippen LogP contribution in [0, 0.1) is 0 Å². The zero-order valence-electron chi connectivity index (χ0n) is 8.63. The molecule has 4 nitrogen and oxygen atoms in total. The van der Waals surface area contributed by atoms with Crippen LogP contribution in [-0.4, -0.2) is 19.2 Å². The lowest BCUT2D eigenvalue weighted by Gasteiger charge is -2.10. The highest BCUT2D eigenvalue weighted by molar-refractivity contribution is 9.10. The number of hydrogen-bond acceptors (Lipinski definition) is 4. The SMILES string of the molecule is CCOC(=O)COc1c(N)cc(Cl)cc1Br. The summed E-state index contributed by atoms with van der Waals surface area (Å²) in [6.07, 6.45) is 0. The van der Waals surface area contributed by atoms with E-state index in [0.717, 1.165) is 0 Å². The van der Waals surface area contributed by atoms with Gasteiger partial charge >= 0.3 is 5.97 Å². The Labute approximate surface area is 107 Å². The Kier molecular flexibility index (Phi) is 4.89. The molecule has 0 radical (unpaired) electrons. The number of halogens is 2. The fourth-order valence-electron chi connectivity index (χ4n) is 1.07. The van der Waals surface area contributed by atoms with E-state index in [1.807, 2.05) is 0 Å². The van der Waals surface area contributed by atoms with Crippen LogP contribution in [0.4, 0.5) is 5.69 Å². The maximum Gasteiger partial charge on any atom is 0.344 e. The molecule has 1 aromatic rings. The molecule has 0 aliphatic heterocycles. The Bertz CT molecular complexity index is 375. The van der Waals surface area contributed by atoms with E-state index in [-0.39, 0.29) is 6.61 Å². The third-order valence-corrected chi connectivity index (χ3v) is 2.48. The van der Waals surface area contributed by atoms with Crippen molar-refractivity contribution in [2.75, 3.05) is 18.9 Å². The van der Waals surface area contributed by atoms with Crippen molar-refractivity contribution in [3.63, 3.8) is 0 Å². The van der Waals surface area contributed by atoms with E-state index >= 15 is 0 Å². The maximum absolute atomic E-state index is 11.1. The molecule has 0 bridgehead atoms. The second kappa shape index (κ2) is 5.96. The van der Waals surface area contributed by atoms with Gasteiger partial charge in [-0.25, -0.2) is 4.79 Å². The van der Waals surface area contributed by atoms with Crippen molar-refractivity contribution in [1.29, 1.82) is 0 Å². The third-order valence-electron chi connectivity index (χ3n) is 1.68. The minimum absolute atomic E-state index is 0.182. The van der Waals surface area contributed by atoms with E-state index in [1.165, 1.54) is 0 Å². The Morgan fingerprint density at radius 2 is 2.25 bits per heavy atom. The maximum atomic E-state index is 11.1. The van der Waals surface area contributed by atoms with Crippen molar-refractivity contribution in [1.82, 2.24) is 0 Å².